The zero-order chi connectivity index (χ0) is 27.6. The first-order valence-electron chi connectivity index (χ1n) is 12.1. The van der Waals surface area contributed by atoms with Gasteiger partial charge in [-0.1, -0.05) is 36.4 Å². The first-order valence-corrected chi connectivity index (χ1v) is 12.1. The smallest absolute Gasteiger partial charge is 0.416 e. The molecule has 1 atom stereocenters. The van der Waals surface area contributed by atoms with Crippen LogP contribution in [0.3, 0.4) is 0 Å². The van der Waals surface area contributed by atoms with E-state index in [-0.39, 0.29) is 6.42 Å². The number of hydrogen-bond acceptors (Lipinski definition) is 5. The lowest BCUT2D eigenvalue weighted by atomic mass is 9.96. The molecule has 0 saturated heterocycles. The zero-order valence-electron chi connectivity index (χ0n) is 20.4. The summed E-state index contributed by atoms with van der Waals surface area (Å²) in [6.07, 6.45) is -1.23. The minimum atomic E-state index is -4.47. The molecule has 3 aromatic carbocycles. The van der Waals surface area contributed by atoms with Gasteiger partial charge in [-0.3, -0.25) is 9.59 Å². The number of benzene rings is 3. The van der Waals surface area contributed by atoms with Gasteiger partial charge >= 0.3 is 6.18 Å². The fourth-order valence-electron chi connectivity index (χ4n) is 4.36. The van der Waals surface area contributed by atoms with Crippen molar-refractivity contribution in [1.82, 2.24) is 0 Å². The molecule has 39 heavy (non-hydrogen) atoms. The van der Waals surface area contributed by atoms with E-state index in [4.69, 9.17) is 9.47 Å². The largest absolute Gasteiger partial charge is 0.486 e. The number of hydrogen-bond donors (Lipinski definition) is 3. The van der Waals surface area contributed by atoms with Crippen LogP contribution in [0.15, 0.2) is 78.9 Å². The van der Waals surface area contributed by atoms with Crippen LogP contribution in [-0.2, 0) is 22.2 Å². The van der Waals surface area contributed by atoms with E-state index >= 15 is 0 Å². The second kappa shape index (κ2) is 10.7. The summed E-state index contributed by atoms with van der Waals surface area (Å²) in [6, 6.07) is 15.0. The number of amides is 2. The van der Waals surface area contributed by atoms with Crippen LogP contribution in [0.2, 0.25) is 0 Å². The number of alkyl halides is 3. The Hall–Kier alpha value is -4.57. The maximum absolute atomic E-state index is 13.1. The second-order valence-corrected chi connectivity index (χ2v) is 8.90. The number of nitrogens with one attached hydrogen (secondary N) is 2. The number of halogens is 3. The highest BCUT2D eigenvalue weighted by atomic mass is 19.4. The van der Waals surface area contributed by atoms with Gasteiger partial charge in [0.05, 0.1) is 5.56 Å². The number of allylic oxidation sites excluding steroid dienone is 2. The Morgan fingerprint density at radius 3 is 2.46 bits per heavy atom. The van der Waals surface area contributed by atoms with Gasteiger partial charge in [0.2, 0.25) is 5.91 Å². The molecule has 0 radical (unpaired) electrons. The fourth-order valence-corrected chi connectivity index (χ4v) is 4.36. The maximum Gasteiger partial charge on any atom is 0.416 e. The number of carbonyl (C=O) groups is 2. The summed E-state index contributed by atoms with van der Waals surface area (Å²) in [4.78, 5) is 24.4. The van der Waals surface area contributed by atoms with Gasteiger partial charge in [-0.25, -0.2) is 0 Å². The van der Waals surface area contributed by atoms with Gasteiger partial charge in [0.15, 0.2) is 11.5 Å². The average Bonchev–Trinajstić information content (AvgIpc) is 2.91. The van der Waals surface area contributed by atoms with Crippen LogP contribution in [0.5, 0.6) is 11.5 Å². The molecule has 0 fully saturated rings. The van der Waals surface area contributed by atoms with E-state index in [1.807, 2.05) is 0 Å². The van der Waals surface area contributed by atoms with Gasteiger partial charge < -0.3 is 25.2 Å². The molecule has 0 saturated carbocycles. The predicted octanol–water partition coefficient (Wildman–Crippen LogP) is 4.96. The lowest BCUT2D eigenvalue weighted by Gasteiger charge is -2.23. The molecule has 0 spiro atoms. The summed E-state index contributed by atoms with van der Waals surface area (Å²) in [5.74, 6) is 0.103. The quantitative estimate of drug-likeness (QED) is 0.317. The monoisotopic (exact) mass is 536 g/mol. The first kappa shape index (κ1) is 26.1. The molecule has 200 valence electrons. The van der Waals surface area contributed by atoms with Crippen LogP contribution in [0, 0.1) is 0 Å². The number of carbonyl (C=O) groups excluding carboxylic acids is 2. The molecule has 3 N–H and O–H groups in total. The maximum atomic E-state index is 13.1. The Balaban J connectivity index is 1.42. The van der Waals surface area contributed by atoms with Crippen molar-refractivity contribution in [2.75, 3.05) is 23.8 Å². The van der Waals surface area contributed by atoms with Crippen molar-refractivity contribution in [2.24, 2.45) is 0 Å². The van der Waals surface area contributed by atoms with E-state index in [0.717, 1.165) is 12.1 Å². The highest BCUT2D eigenvalue weighted by Gasteiger charge is 2.30. The van der Waals surface area contributed by atoms with Crippen LogP contribution < -0.4 is 20.1 Å². The molecule has 2 aliphatic heterocycles. The molecular formula is C29H23F3N2O5. The Morgan fingerprint density at radius 2 is 1.72 bits per heavy atom. The molecule has 7 nitrogen and oxygen atoms in total. The molecule has 1 unspecified atom stereocenters. The van der Waals surface area contributed by atoms with Gasteiger partial charge in [-0.05, 0) is 53.1 Å². The number of anilines is 2. The Morgan fingerprint density at radius 1 is 1.00 bits per heavy atom. The fraction of sp³-hybridized carbons (Fsp3) is 0.172. The topological polar surface area (TPSA) is 96.9 Å². The highest BCUT2D eigenvalue weighted by molar-refractivity contribution is 6.03. The lowest BCUT2D eigenvalue weighted by Crippen LogP contribution is -2.34. The third kappa shape index (κ3) is 5.80. The van der Waals surface area contributed by atoms with Gasteiger partial charge in [-0.15, -0.1) is 0 Å². The number of ether oxygens (including phenoxy) is 2. The predicted molar refractivity (Wildman–Crippen MR) is 139 cm³/mol. The number of aliphatic hydroxyl groups excluding tert-OH is 1. The summed E-state index contributed by atoms with van der Waals surface area (Å²) in [6.45, 7) is 0.793. The van der Waals surface area contributed by atoms with Gasteiger partial charge in [0.25, 0.3) is 5.91 Å². The average molecular weight is 537 g/mol. The number of fused-ring (bicyclic) bond motifs is 2. The van der Waals surface area contributed by atoms with Gasteiger partial charge in [0, 0.05) is 29.4 Å². The second-order valence-electron chi connectivity index (χ2n) is 8.90. The summed E-state index contributed by atoms with van der Waals surface area (Å²) >= 11 is 0. The molecule has 0 aliphatic carbocycles. The molecule has 2 aliphatic rings. The van der Waals surface area contributed by atoms with Crippen LogP contribution in [-0.4, -0.2) is 36.2 Å². The van der Waals surface area contributed by atoms with Crippen molar-refractivity contribution in [2.45, 2.75) is 18.7 Å². The Labute approximate surface area is 221 Å². The molecule has 5 rings (SSSR count). The standard InChI is InChI=1S/C29H23F3N2O5/c30-29(31,32)19-10-7-17(8-11-19)20(18-9-12-25-26(15-18)39-14-13-38-25)3-1-6-27(36)33-22-4-2-5-23-21(22)16-24(35)28(37)34-23/h1-12,15,24,35H,13-14,16H2,(H,33,36)(H,34,37). The van der Waals surface area contributed by atoms with Crippen LogP contribution >= 0.6 is 0 Å². The van der Waals surface area contributed by atoms with Crippen LogP contribution in [0.1, 0.15) is 22.3 Å². The minimum Gasteiger partial charge on any atom is -0.486 e. The van der Waals surface area contributed by atoms with E-state index in [1.54, 1.807) is 42.5 Å². The Kier molecular flexibility index (Phi) is 7.12. The van der Waals surface area contributed by atoms with E-state index in [9.17, 15) is 27.9 Å². The molecule has 2 amide bonds. The minimum absolute atomic E-state index is 0.0589. The molecule has 0 bridgehead atoms. The van der Waals surface area contributed by atoms with Gasteiger partial charge in [0.1, 0.15) is 19.3 Å². The van der Waals surface area contributed by atoms with Crippen molar-refractivity contribution < 1.29 is 37.3 Å². The molecule has 0 aromatic heterocycles. The first-order chi connectivity index (χ1) is 18.7. The van der Waals surface area contributed by atoms with Crippen molar-refractivity contribution in [3.63, 3.8) is 0 Å². The van der Waals surface area contributed by atoms with Gasteiger partial charge in [-0.2, -0.15) is 13.2 Å². The van der Waals surface area contributed by atoms with E-state index < -0.39 is 29.7 Å². The van der Waals surface area contributed by atoms with Crippen molar-refractivity contribution in [1.29, 1.82) is 0 Å². The van der Waals surface area contributed by atoms with Crippen molar-refractivity contribution >= 4 is 28.8 Å². The number of rotatable bonds is 5. The molecule has 10 heteroatoms. The van der Waals surface area contributed by atoms with Crippen LogP contribution in [0.25, 0.3) is 5.57 Å². The van der Waals surface area contributed by atoms with E-state index in [2.05, 4.69) is 10.6 Å². The summed E-state index contributed by atoms with van der Waals surface area (Å²) in [5, 5.41) is 15.3. The highest BCUT2D eigenvalue weighted by Crippen LogP contribution is 2.36. The molecule has 2 heterocycles. The molecular weight excluding hydrogens is 513 g/mol. The summed E-state index contributed by atoms with van der Waals surface area (Å²) in [7, 11) is 0. The normalized spacial score (nSPS) is 17.0. The van der Waals surface area contributed by atoms with Crippen LogP contribution in [0.4, 0.5) is 24.5 Å². The molecule has 3 aromatic rings. The third-order valence-electron chi connectivity index (χ3n) is 6.28. The number of aliphatic hydroxyl groups is 1. The SMILES string of the molecule is O=C(C=CC=C(c1ccc(C(F)(F)F)cc1)c1ccc2c(c1)OCCO2)Nc1cccc2c1CC(O)C(=O)N2. The van der Waals surface area contributed by atoms with E-state index in [1.165, 1.54) is 24.3 Å². The van der Waals surface area contributed by atoms with E-state index in [0.29, 0.717) is 58.4 Å². The summed E-state index contributed by atoms with van der Waals surface area (Å²) in [5.41, 5.74) is 2.51. The zero-order valence-corrected chi connectivity index (χ0v) is 20.4. The van der Waals surface area contributed by atoms with Crippen molar-refractivity contribution in [3.05, 3.63) is 101 Å². The lowest BCUT2D eigenvalue weighted by molar-refractivity contribution is -0.137. The summed E-state index contributed by atoms with van der Waals surface area (Å²) < 4.78 is 50.6. The third-order valence-corrected chi connectivity index (χ3v) is 6.28. The van der Waals surface area contributed by atoms with Crippen molar-refractivity contribution in [3.8, 4) is 11.5 Å². The Bertz CT molecular complexity index is 1480.